The van der Waals surface area contributed by atoms with Crippen molar-refractivity contribution in [3.05, 3.63) is 43.0 Å². The van der Waals surface area contributed by atoms with Crippen LogP contribution in [0.2, 0.25) is 0 Å². The van der Waals surface area contributed by atoms with Crippen LogP contribution in [0.5, 0.6) is 5.75 Å². The number of anilines is 1. The molecule has 32 heavy (non-hydrogen) atoms. The minimum Gasteiger partial charge on any atom is -0.506 e. The lowest BCUT2D eigenvalue weighted by Gasteiger charge is -2.34. The molecule has 1 fully saturated rings. The molecule has 1 aliphatic rings. The summed E-state index contributed by atoms with van der Waals surface area (Å²) >= 11 is 0. The van der Waals surface area contributed by atoms with Crippen LogP contribution in [0.4, 0.5) is 5.69 Å². The third kappa shape index (κ3) is 3.12. The number of aromatic nitrogens is 7. The van der Waals surface area contributed by atoms with Crippen molar-refractivity contribution in [1.82, 2.24) is 40.0 Å². The average Bonchev–Trinajstić information content (AvgIpc) is 3.43. The largest absolute Gasteiger partial charge is 0.506 e. The zero-order valence-corrected chi connectivity index (χ0v) is 17.4. The fraction of sp³-hybridized carbons (Fsp3) is 0.227. The van der Waals surface area contributed by atoms with Gasteiger partial charge in [0, 0.05) is 55.9 Å². The van der Waals surface area contributed by atoms with Crippen LogP contribution in [0.3, 0.4) is 0 Å². The molecule has 160 valence electrons. The van der Waals surface area contributed by atoms with E-state index in [1.807, 2.05) is 12.1 Å². The topological polar surface area (TPSA) is 123 Å². The van der Waals surface area contributed by atoms with E-state index in [0.717, 1.165) is 59.6 Å². The summed E-state index contributed by atoms with van der Waals surface area (Å²) in [5.41, 5.74) is 5.62. The molecule has 3 N–H and O–H groups in total. The number of piperazine rings is 1. The standard InChI is InChI=1S/C22H21N9O/c1-30-4-6-31(7-5-30)17-2-3-24-21-19(17)26-22(27-21)18-16-9-14(11-25-20(16)29-28-18)13-8-15(32)12-23-10-13/h2-3,8-12,32H,4-7H2,1H3,(H,24,26,27)(H,25,28,29). The maximum atomic E-state index is 9.78. The molecule has 0 radical (unpaired) electrons. The molecule has 0 aliphatic carbocycles. The van der Waals surface area contributed by atoms with E-state index in [1.54, 1.807) is 24.7 Å². The van der Waals surface area contributed by atoms with E-state index in [1.165, 1.54) is 6.20 Å². The summed E-state index contributed by atoms with van der Waals surface area (Å²) in [6.45, 7) is 3.97. The number of hydrogen-bond donors (Lipinski definition) is 3. The molecule has 0 bridgehead atoms. The van der Waals surface area contributed by atoms with Crippen LogP contribution in [0.15, 0.2) is 43.0 Å². The number of aromatic hydroxyl groups is 1. The third-order valence-electron chi connectivity index (χ3n) is 5.92. The van der Waals surface area contributed by atoms with Gasteiger partial charge in [0.1, 0.15) is 17.0 Å². The maximum absolute atomic E-state index is 9.78. The number of hydrogen-bond acceptors (Lipinski definition) is 8. The highest BCUT2D eigenvalue weighted by Gasteiger charge is 2.20. The lowest BCUT2D eigenvalue weighted by atomic mass is 10.1. The van der Waals surface area contributed by atoms with E-state index < -0.39 is 0 Å². The molecule has 1 saturated heterocycles. The number of H-pyrrole nitrogens is 2. The summed E-state index contributed by atoms with van der Waals surface area (Å²) in [7, 11) is 2.15. The van der Waals surface area contributed by atoms with E-state index in [-0.39, 0.29) is 5.75 Å². The minimum atomic E-state index is 0.106. The highest BCUT2D eigenvalue weighted by atomic mass is 16.3. The van der Waals surface area contributed by atoms with Gasteiger partial charge >= 0.3 is 0 Å². The van der Waals surface area contributed by atoms with Crippen LogP contribution >= 0.6 is 0 Å². The fourth-order valence-electron chi connectivity index (χ4n) is 4.15. The van der Waals surface area contributed by atoms with Crippen LogP contribution in [0.1, 0.15) is 0 Å². The average molecular weight is 427 g/mol. The number of rotatable bonds is 3. The van der Waals surface area contributed by atoms with Crippen molar-refractivity contribution in [2.24, 2.45) is 0 Å². The van der Waals surface area contributed by atoms with Crippen molar-refractivity contribution in [2.75, 3.05) is 38.1 Å². The molecule has 10 heteroatoms. The van der Waals surface area contributed by atoms with E-state index >= 15 is 0 Å². The summed E-state index contributed by atoms with van der Waals surface area (Å²) in [4.78, 5) is 25.9. The zero-order chi connectivity index (χ0) is 21.7. The van der Waals surface area contributed by atoms with Crippen molar-refractivity contribution in [3.63, 3.8) is 0 Å². The van der Waals surface area contributed by atoms with Crippen molar-refractivity contribution in [1.29, 1.82) is 0 Å². The Bertz CT molecular complexity index is 1430. The number of pyridine rings is 3. The maximum Gasteiger partial charge on any atom is 0.181 e. The smallest absolute Gasteiger partial charge is 0.181 e. The Balaban J connectivity index is 1.44. The first-order chi connectivity index (χ1) is 15.7. The first-order valence-corrected chi connectivity index (χ1v) is 10.4. The van der Waals surface area contributed by atoms with Gasteiger partial charge in [-0.05, 0) is 25.2 Å². The summed E-state index contributed by atoms with van der Waals surface area (Å²) in [6.07, 6.45) is 6.61. The first kappa shape index (κ1) is 18.7. The van der Waals surface area contributed by atoms with Gasteiger partial charge in [-0.15, -0.1) is 0 Å². The Hall–Kier alpha value is -4.05. The molecule has 6 rings (SSSR count). The Morgan fingerprint density at radius 3 is 2.66 bits per heavy atom. The van der Waals surface area contributed by atoms with Gasteiger partial charge in [-0.1, -0.05) is 0 Å². The predicted molar refractivity (Wildman–Crippen MR) is 121 cm³/mol. The van der Waals surface area contributed by atoms with Crippen molar-refractivity contribution < 1.29 is 5.11 Å². The number of likely N-dealkylation sites (N-methyl/N-ethyl adjacent to an activating group) is 1. The van der Waals surface area contributed by atoms with E-state index in [0.29, 0.717) is 17.1 Å². The monoisotopic (exact) mass is 427 g/mol. The van der Waals surface area contributed by atoms with Gasteiger partial charge in [0.05, 0.1) is 17.3 Å². The van der Waals surface area contributed by atoms with Crippen LogP contribution in [0, 0.1) is 0 Å². The van der Waals surface area contributed by atoms with Gasteiger partial charge in [-0.25, -0.2) is 15.0 Å². The van der Waals surface area contributed by atoms with Gasteiger partial charge in [0.15, 0.2) is 17.1 Å². The number of fused-ring (bicyclic) bond motifs is 2. The Morgan fingerprint density at radius 2 is 1.81 bits per heavy atom. The second-order valence-corrected chi connectivity index (χ2v) is 8.03. The summed E-state index contributed by atoms with van der Waals surface area (Å²) < 4.78 is 0. The van der Waals surface area contributed by atoms with Gasteiger partial charge in [0.2, 0.25) is 0 Å². The zero-order valence-electron chi connectivity index (χ0n) is 17.4. The second-order valence-electron chi connectivity index (χ2n) is 8.03. The first-order valence-electron chi connectivity index (χ1n) is 10.4. The van der Waals surface area contributed by atoms with Gasteiger partial charge < -0.3 is 19.9 Å². The molecule has 1 aliphatic heterocycles. The Morgan fingerprint density at radius 1 is 0.969 bits per heavy atom. The van der Waals surface area contributed by atoms with E-state index in [2.05, 4.69) is 47.0 Å². The summed E-state index contributed by atoms with van der Waals surface area (Å²) in [5.74, 6) is 0.763. The highest BCUT2D eigenvalue weighted by Crippen LogP contribution is 2.31. The lowest BCUT2D eigenvalue weighted by molar-refractivity contribution is 0.313. The predicted octanol–water partition coefficient (Wildman–Crippen LogP) is 2.42. The molecule has 0 spiro atoms. The summed E-state index contributed by atoms with van der Waals surface area (Å²) in [6, 6.07) is 5.66. The molecule has 5 aromatic rings. The highest BCUT2D eigenvalue weighted by molar-refractivity contribution is 5.95. The third-order valence-corrected chi connectivity index (χ3v) is 5.92. The number of nitrogens with one attached hydrogen (secondary N) is 2. The van der Waals surface area contributed by atoms with Crippen molar-refractivity contribution in [3.8, 4) is 28.4 Å². The molecular formula is C22H21N9O. The molecule has 10 nitrogen and oxygen atoms in total. The minimum absolute atomic E-state index is 0.106. The van der Waals surface area contributed by atoms with Crippen LogP contribution in [-0.2, 0) is 0 Å². The normalized spacial score (nSPS) is 15.1. The fourth-order valence-corrected chi connectivity index (χ4v) is 4.15. The molecule has 0 saturated carbocycles. The van der Waals surface area contributed by atoms with Crippen molar-refractivity contribution >= 4 is 27.9 Å². The molecule has 0 amide bonds. The Kier molecular flexibility index (Phi) is 4.25. The van der Waals surface area contributed by atoms with E-state index in [9.17, 15) is 5.11 Å². The second kappa shape index (κ2) is 7.27. The molecule has 6 heterocycles. The SMILES string of the molecule is CN1CCN(c2ccnc3nc(-c4[nH]nc5ncc(-c6cncc(O)c6)cc45)[nH]c23)CC1. The number of aromatic amines is 2. The van der Waals surface area contributed by atoms with Crippen LogP contribution in [0.25, 0.3) is 44.8 Å². The number of nitrogens with zero attached hydrogens (tertiary/aromatic N) is 7. The van der Waals surface area contributed by atoms with Crippen LogP contribution in [-0.4, -0.2) is 78.4 Å². The lowest BCUT2D eigenvalue weighted by Crippen LogP contribution is -2.44. The van der Waals surface area contributed by atoms with Gasteiger partial charge in [-0.2, -0.15) is 5.10 Å². The molecule has 0 atom stereocenters. The molecular weight excluding hydrogens is 406 g/mol. The molecule has 0 aromatic carbocycles. The van der Waals surface area contributed by atoms with Crippen LogP contribution < -0.4 is 4.90 Å². The quantitative estimate of drug-likeness (QED) is 0.401. The van der Waals surface area contributed by atoms with Gasteiger partial charge in [-0.3, -0.25) is 10.1 Å². The van der Waals surface area contributed by atoms with E-state index in [4.69, 9.17) is 4.98 Å². The van der Waals surface area contributed by atoms with Crippen molar-refractivity contribution in [2.45, 2.75) is 0 Å². The summed E-state index contributed by atoms with van der Waals surface area (Å²) in [5, 5.41) is 18.0. The molecule has 0 unspecified atom stereocenters. The molecule has 5 aromatic heterocycles. The number of imidazole rings is 1. The van der Waals surface area contributed by atoms with Gasteiger partial charge in [0.25, 0.3) is 0 Å². The Labute approximate surface area is 183 Å².